The number of nitrogens with zero attached hydrogens (tertiary/aromatic N) is 2. The molecule has 1 aromatic heterocycles. The van der Waals surface area contributed by atoms with Gasteiger partial charge in [0.2, 0.25) is 0 Å². The van der Waals surface area contributed by atoms with Crippen LogP contribution in [-0.4, -0.2) is 54.2 Å². The average molecular weight is 500 g/mol. The molecule has 33 heavy (non-hydrogen) atoms. The minimum absolute atomic E-state index is 0.358. The molecule has 2 aromatic carbocycles. The van der Waals surface area contributed by atoms with E-state index in [-0.39, 0.29) is 5.97 Å². The highest BCUT2D eigenvalue weighted by molar-refractivity contribution is 7.80. The predicted molar refractivity (Wildman–Crippen MR) is 139 cm³/mol. The second kappa shape index (κ2) is 11.1. The van der Waals surface area contributed by atoms with Gasteiger partial charge in [-0.1, -0.05) is 54.1 Å². The number of rotatable bonds is 6. The maximum Gasteiger partial charge on any atom is 0.340 e. The lowest BCUT2D eigenvalue weighted by molar-refractivity contribution is 0.0602. The Morgan fingerprint density at radius 2 is 1.76 bits per heavy atom. The van der Waals surface area contributed by atoms with Crippen LogP contribution >= 0.6 is 35.2 Å². The largest absolute Gasteiger partial charge is 0.465 e. The van der Waals surface area contributed by atoms with Gasteiger partial charge >= 0.3 is 5.97 Å². The summed E-state index contributed by atoms with van der Waals surface area (Å²) in [5, 5.41) is 5.45. The quantitative estimate of drug-likeness (QED) is 0.367. The van der Waals surface area contributed by atoms with E-state index >= 15 is 0 Å². The Bertz CT molecular complexity index is 1090. The molecule has 5 nitrogen and oxygen atoms in total. The zero-order valence-corrected chi connectivity index (χ0v) is 20.8. The number of ether oxygens (including phenoxy) is 1. The molecule has 0 saturated carbocycles. The first-order valence-electron chi connectivity index (χ1n) is 10.8. The molecule has 2 heterocycles. The molecule has 1 aliphatic heterocycles. The first-order chi connectivity index (χ1) is 16.0. The second-order valence-corrected chi connectivity index (χ2v) is 9.89. The van der Waals surface area contributed by atoms with Gasteiger partial charge in [0.15, 0.2) is 5.11 Å². The normalized spacial score (nSPS) is 14.2. The lowest BCUT2D eigenvalue weighted by Crippen LogP contribution is -2.49. The number of carbonyl (C=O) groups excluding carboxylic acids is 1. The van der Waals surface area contributed by atoms with Crippen LogP contribution in [0, 0.1) is 0 Å². The Labute approximate surface area is 208 Å². The monoisotopic (exact) mass is 499 g/mol. The van der Waals surface area contributed by atoms with Gasteiger partial charge in [-0.15, -0.1) is 11.3 Å². The standard InChI is InChI=1S/C25H26ClN3O2S2/c1-31-24(30)22-16-21(15-18-5-3-2-4-6-18)33-23(22)27-25(32)29-13-11-28(12-14-29)17-19-7-9-20(26)10-8-19/h2-10,16H,11-15,17H2,1H3,(H,27,32). The molecular formula is C25H26ClN3O2S2. The summed E-state index contributed by atoms with van der Waals surface area (Å²) < 4.78 is 5.00. The highest BCUT2D eigenvalue weighted by Crippen LogP contribution is 2.31. The molecule has 1 saturated heterocycles. The van der Waals surface area contributed by atoms with E-state index in [1.54, 1.807) is 11.3 Å². The van der Waals surface area contributed by atoms with Crippen molar-refractivity contribution in [1.29, 1.82) is 0 Å². The zero-order chi connectivity index (χ0) is 23.2. The van der Waals surface area contributed by atoms with Crippen LogP contribution in [0.2, 0.25) is 5.02 Å². The summed E-state index contributed by atoms with van der Waals surface area (Å²) in [7, 11) is 1.40. The Morgan fingerprint density at radius 3 is 2.42 bits per heavy atom. The van der Waals surface area contributed by atoms with E-state index in [4.69, 9.17) is 28.6 Å². The van der Waals surface area contributed by atoms with Gasteiger partial charge in [-0.2, -0.15) is 0 Å². The van der Waals surface area contributed by atoms with Crippen molar-refractivity contribution in [2.24, 2.45) is 0 Å². The number of piperazine rings is 1. The molecule has 0 aliphatic carbocycles. The lowest BCUT2D eigenvalue weighted by atomic mass is 10.1. The van der Waals surface area contributed by atoms with E-state index in [0.717, 1.165) is 54.0 Å². The second-order valence-electron chi connectivity index (χ2n) is 7.93. The molecule has 0 spiro atoms. The molecule has 3 aromatic rings. The summed E-state index contributed by atoms with van der Waals surface area (Å²) in [5.74, 6) is -0.358. The van der Waals surface area contributed by atoms with Gasteiger partial charge in [-0.3, -0.25) is 4.90 Å². The SMILES string of the molecule is COC(=O)c1cc(Cc2ccccc2)sc1NC(=S)N1CCN(Cc2ccc(Cl)cc2)CC1. The summed E-state index contributed by atoms with van der Waals surface area (Å²) >= 11 is 13.2. The summed E-state index contributed by atoms with van der Waals surface area (Å²) in [4.78, 5) is 18.0. The van der Waals surface area contributed by atoms with Crippen molar-refractivity contribution in [2.45, 2.75) is 13.0 Å². The van der Waals surface area contributed by atoms with Crippen LogP contribution in [-0.2, 0) is 17.7 Å². The number of methoxy groups -OCH3 is 1. The summed E-state index contributed by atoms with van der Waals surface area (Å²) in [5.41, 5.74) is 2.97. The van der Waals surface area contributed by atoms with Crippen molar-refractivity contribution in [3.63, 3.8) is 0 Å². The molecule has 1 aliphatic rings. The first-order valence-corrected chi connectivity index (χ1v) is 12.4. The van der Waals surface area contributed by atoms with E-state index in [9.17, 15) is 4.79 Å². The van der Waals surface area contributed by atoms with Crippen LogP contribution in [0.5, 0.6) is 0 Å². The fourth-order valence-corrected chi connectivity index (χ4v) is 5.37. The summed E-state index contributed by atoms with van der Waals surface area (Å²) in [6.07, 6.45) is 0.757. The van der Waals surface area contributed by atoms with Gasteiger partial charge in [0.25, 0.3) is 0 Å². The van der Waals surface area contributed by atoms with Crippen LogP contribution in [0.1, 0.15) is 26.4 Å². The van der Waals surface area contributed by atoms with E-state index in [2.05, 4.69) is 39.4 Å². The molecule has 0 radical (unpaired) electrons. The number of anilines is 1. The molecule has 0 amide bonds. The van der Waals surface area contributed by atoms with E-state index in [0.29, 0.717) is 10.7 Å². The molecule has 8 heteroatoms. The average Bonchev–Trinajstić information content (AvgIpc) is 3.23. The number of benzene rings is 2. The third-order valence-electron chi connectivity index (χ3n) is 5.61. The first kappa shape index (κ1) is 23.7. The molecule has 1 fully saturated rings. The maximum atomic E-state index is 12.4. The minimum Gasteiger partial charge on any atom is -0.465 e. The van der Waals surface area contributed by atoms with E-state index in [1.165, 1.54) is 18.2 Å². The maximum absolute atomic E-state index is 12.4. The number of thiocarbonyl (C=S) groups is 1. The van der Waals surface area contributed by atoms with E-state index in [1.807, 2.05) is 36.4 Å². The number of carbonyl (C=O) groups is 1. The minimum atomic E-state index is -0.358. The smallest absolute Gasteiger partial charge is 0.340 e. The van der Waals surface area contributed by atoms with Gasteiger partial charge in [0, 0.05) is 49.0 Å². The molecule has 4 rings (SSSR count). The fraction of sp³-hybridized carbons (Fsp3) is 0.280. The molecule has 0 bridgehead atoms. The van der Waals surface area contributed by atoms with Crippen LogP contribution in [0.4, 0.5) is 5.00 Å². The van der Waals surface area contributed by atoms with Crippen molar-refractivity contribution in [3.05, 3.63) is 87.3 Å². The fourth-order valence-electron chi connectivity index (χ4n) is 3.81. The van der Waals surface area contributed by atoms with Crippen molar-refractivity contribution >= 4 is 51.2 Å². The third kappa shape index (κ3) is 6.32. The van der Waals surface area contributed by atoms with Crippen molar-refractivity contribution in [3.8, 4) is 0 Å². The molecule has 172 valence electrons. The number of thiophene rings is 1. The van der Waals surface area contributed by atoms with Gasteiger partial charge < -0.3 is 15.0 Å². The molecule has 0 atom stereocenters. The van der Waals surface area contributed by atoms with Gasteiger partial charge in [-0.25, -0.2) is 4.79 Å². The van der Waals surface area contributed by atoms with Gasteiger partial charge in [0.05, 0.1) is 12.7 Å². The number of hydrogen-bond donors (Lipinski definition) is 1. The predicted octanol–water partition coefficient (Wildman–Crippen LogP) is 5.29. The van der Waals surface area contributed by atoms with Crippen molar-refractivity contribution < 1.29 is 9.53 Å². The lowest BCUT2D eigenvalue weighted by Gasteiger charge is -2.36. The Morgan fingerprint density at radius 1 is 1.06 bits per heavy atom. The number of hydrogen-bond acceptors (Lipinski definition) is 5. The Hall–Kier alpha value is -2.45. The topological polar surface area (TPSA) is 44.8 Å². The number of halogens is 1. The highest BCUT2D eigenvalue weighted by Gasteiger charge is 2.22. The Kier molecular flexibility index (Phi) is 7.98. The van der Waals surface area contributed by atoms with Gasteiger partial charge in [-0.05, 0) is 41.5 Å². The number of nitrogens with one attached hydrogen (secondary N) is 1. The zero-order valence-electron chi connectivity index (χ0n) is 18.4. The van der Waals surface area contributed by atoms with Crippen LogP contribution < -0.4 is 5.32 Å². The molecule has 1 N–H and O–H groups in total. The van der Waals surface area contributed by atoms with Crippen LogP contribution in [0.3, 0.4) is 0 Å². The van der Waals surface area contributed by atoms with Crippen LogP contribution in [0.15, 0.2) is 60.7 Å². The van der Waals surface area contributed by atoms with Crippen molar-refractivity contribution in [2.75, 3.05) is 38.6 Å². The summed E-state index contributed by atoms with van der Waals surface area (Å²) in [6.45, 7) is 4.38. The van der Waals surface area contributed by atoms with Gasteiger partial charge in [0.1, 0.15) is 5.00 Å². The highest BCUT2D eigenvalue weighted by atomic mass is 35.5. The molecule has 0 unspecified atom stereocenters. The number of esters is 1. The van der Waals surface area contributed by atoms with Crippen molar-refractivity contribution in [1.82, 2.24) is 9.80 Å². The van der Waals surface area contributed by atoms with E-state index < -0.39 is 0 Å². The summed E-state index contributed by atoms with van der Waals surface area (Å²) in [6, 6.07) is 20.1. The molecular weight excluding hydrogens is 474 g/mol. The van der Waals surface area contributed by atoms with Crippen LogP contribution in [0.25, 0.3) is 0 Å². The third-order valence-corrected chi connectivity index (χ3v) is 7.27. The Balaban J connectivity index is 1.37.